The van der Waals surface area contributed by atoms with Gasteiger partial charge in [0.15, 0.2) is 74.4 Å². The highest BCUT2D eigenvalue weighted by Gasteiger charge is 2.60. The highest BCUT2D eigenvalue weighted by Crippen LogP contribution is 2.37. The Morgan fingerprint density at radius 3 is 0.658 bits per heavy atom. The van der Waals surface area contributed by atoms with E-state index in [9.17, 15) is 131 Å². The van der Waals surface area contributed by atoms with Gasteiger partial charge in [-0.25, -0.2) is 28.8 Å². The Hall–Kier alpha value is -4.18. The number of carbonyl (C=O) groups is 6. The van der Waals surface area contributed by atoms with Gasteiger partial charge in [-0.15, -0.1) is 0 Å². The monoisotopic (exact) mass is 1070 g/mol. The molecule has 0 amide bonds. The second-order valence-electron chi connectivity index (χ2n) is 17.0. The summed E-state index contributed by atoms with van der Waals surface area (Å²) >= 11 is 0. The van der Waals surface area contributed by atoms with Crippen LogP contribution in [-0.4, -0.2) is 322 Å². The molecule has 6 heterocycles. The molecule has 0 spiro atoms. The van der Waals surface area contributed by atoms with Crippen LogP contribution in [-0.2, 0) is 80.9 Å². The largest absolute Gasteiger partial charge is 0.479 e. The smallest absolute Gasteiger partial charge is 0.335 e. The van der Waals surface area contributed by atoms with Gasteiger partial charge in [0.25, 0.3) is 0 Å². The van der Waals surface area contributed by atoms with Crippen molar-refractivity contribution in [1.29, 1.82) is 0 Å². The zero-order valence-corrected chi connectivity index (χ0v) is 36.2. The molecule has 6 saturated heterocycles. The number of aliphatic hydroxyl groups excluding tert-OH is 14. The molecule has 6 aliphatic rings. The van der Waals surface area contributed by atoms with Crippen LogP contribution in [0, 0.1) is 0 Å². The van der Waals surface area contributed by atoms with E-state index in [0.29, 0.717) is 0 Å². The summed E-state index contributed by atoms with van der Waals surface area (Å²) in [7, 11) is 0. The van der Waals surface area contributed by atoms with Gasteiger partial charge in [0, 0.05) is 0 Å². The van der Waals surface area contributed by atoms with Crippen molar-refractivity contribution in [2.45, 2.75) is 184 Å². The van der Waals surface area contributed by atoms with Gasteiger partial charge in [0.1, 0.15) is 110 Å². The molecule has 0 aliphatic carbocycles. The lowest BCUT2D eigenvalue weighted by Gasteiger charge is -2.48. The molecule has 416 valence electrons. The highest BCUT2D eigenvalue weighted by molar-refractivity contribution is 5.76. The summed E-state index contributed by atoms with van der Waals surface area (Å²) in [5.74, 6) is -12.2. The van der Waals surface area contributed by atoms with E-state index in [-0.39, 0.29) is 0 Å². The summed E-state index contributed by atoms with van der Waals surface area (Å²) < 4.78 is 56.5. The van der Waals surface area contributed by atoms with E-state index < -0.39 is 220 Å². The standard InChI is InChI=1S/C36H50O37/c37-1-2(38)19(25(50)51)69-32(9(1)45)65-15-4(40)11(47)34(71-21(15)27(54)55)67-17-6(42)13(49)36(73-23(17)29(58)59)68-18-7(43)12(48)35(72-24(18)30(60)61)66-16-5(41)10(46)33(70-22(16)28(56)57)64-14-3(39)8(44)31(62)63-20(14)26(52)53/h1-24,31-49,62H,(H,50,51)(H,52,53)(H,54,55)(H,56,57)(H,58,59)(H,60,61)/t1-,2+,3+,4+,5+,6+,7+,8+,9+,10+,11+,12+,13+,14+,15+,16+,17+,18+,19-,20-,21-,22-,23-,24-,31?,32-,33-,34-,35-,36-/m0/s1. The molecule has 0 saturated carbocycles. The Bertz CT molecular complexity index is 1990. The van der Waals surface area contributed by atoms with E-state index >= 15 is 0 Å². The average Bonchev–Trinajstić information content (AvgIpc) is 3.31. The fraction of sp³-hybridized carbons (Fsp3) is 0.833. The Morgan fingerprint density at radius 1 is 0.233 bits per heavy atom. The van der Waals surface area contributed by atoms with Crippen LogP contribution >= 0.6 is 0 Å². The zero-order valence-electron chi connectivity index (χ0n) is 36.2. The molecule has 0 bridgehead atoms. The summed E-state index contributed by atoms with van der Waals surface area (Å²) in [5, 5.41) is 207. The number of aliphatic carboxylic acids is 6. The third-order valence-electron chi connectivity index (χ3n) is 12.2. The summed E-state index contributed by atoms with van der Waals surface area (Å²) in [4.78, 5) is 72.8. The lowest BCUT2D eigenvalue weighted by molar-refractivity contribution is -0.386. The Labute approximate surface area is 403 Å². The van der Waals surface area contributed by atoms with Crippen molar-refractivity contribution in [2.24, 2.45) is 0 Å². The lowest BCUT2D eigenvalue weighted by Crippen LogP contribution is -2.69. The molecule has 20 N–H and O–H groups in total. The normalized spacial score (nSPS) is 49.6. The van der Waals surface area contributed by atoms with Crippen LogP contribution in [0.25, 0.3) is 0 Å². The first kappa shape index (κ1) is 58.1. The number of rotatable bonds is 16. The molecule has 0 aromatic carbocycles. The minimum Gasteiger partial charge on any atom is -0.479 e. The predicted molar refractivity (Wildman–Crippen MR) is 202 cm³/mol. The molecule has 6 rings (SSSR count). The van der Waals surface area contributed by atoms with Gasteiger partial charge < -0.3 is 154 Å². The van der Waals surface area contributed by atoms with Gasteiger partial charge >= 0.3 is 35.8 Å². The molecule has 73 heavy (non-hydrogen) atoms. The van der Waals surface area contributed by atoms with Crippen molar-refractivity contribution in [3.8, 4) is 0 Å². The maximum absolute atomic E-state index is 12.5. The summed E-state index contributed by atoms with van der Waals surface area (Å²) in [6.45, 7) is 0. The van der Waals surface area contributed by atoms with Crippen LogP contribution < -0.4 is 0 Å². The minimum absolute atomic E-state index is 1.90. The van der Waals surface area contributed by atoms with Crippen molar-refractivity contribution >= 4 is 35.8 Å². The van der Waals surface area contributed by atoms with E-state index in [2.05, 4.69) is 4.74 Å². The van der Waals surface area contributed by atoms with Gasteiger partial charge in [-0.1, -0.05) is 0 Å². The number of ether oxygens (including phenoxy) is 11. The first-order valence-corrected chi connectivity index (χ1v) is 21.1. The number of hydrogen-bond acceptors (Lipinski definition) is 31. The first-order valence-electron chi connectivity index (χ1n) is 21.1. The fourth-order valence-electron chi connectivity index (χ4n) is 8.34. The first-order chi connectivity index (χ1) is 34.0. The van der Waals surface area contributed by atoms with Crippen molar-refractivity contribution < 1.29 is 183 Å². The number of carboxylic acid groups (broad SMARTS) is 6. The molecular weight excluding hydrogens is 1020 g/mol. The van der Waals surface area contributed by atoms with Crippen LogP contribution in [0.1, 0.15) is 0 Å². The second kappa shape index (κ2) is 23.0. The second-order valence-corrected chi connectivity index (χ2v) is 17.0. The third kappa shape index (κ3) is 11.5. The number of carboxylic acids is 6. The van der Waals surface area contributed by atoms with E-state index in [1.165, 1.54) is 0 Å². The molecule has 6 fully saturated rings. The van der Waals surface area contributed by atoms with Crippen molar-refractivity contribution in [1.82, 2.24) is 0 Å². The zero-order chi connectivity index (χ0) is 54.6. The molecule has 37 heteroatoms. The molecule has 37 nitrogen and oxygen atoms in total. The van der Waals surface area contributed by atoms with Crippen molar-refractivity contribution in [3.05, 3.63) is 0 Å². The van der Waals surface area contributed by atoms with E-state index in [1.54, 1.807) is 0 Å². The molecule has 0 aromatic rings. The maximum atomic E-state index is 12.5. The lowest BCUT2D eigenvalue weighted by atomic mass is 9.95. The average molecular weight is 1070 g/mol. The van der Waals surface area contributed by atoms with Gasteiger partial charge in [0.05, 0.1) is 0 Å². The minimum atomic E-state index is -2.64. The van der Waals surface area contributed by atoms with Crippen LogP contribution in [0.5, 0.6) is 0 Å². The Balaban J connectivity index is 1.13. The summed E-state index contributed by atoms with van der Waals surface area (Å²) in [6.07, 6.45) is -73.7. The highest BCUT2D eigenvalue weighted by atomic mass is 16.8. The van der Waals surface area contributed by atoms with Gasteiger partial charge in [-0.2, -0.15) is 0 Å². The molecule has 30 atom stereocenters. The van der Waals surface area contributed by atoms with E-state index in [1.807, 2.05) is 0 Å². The summed E-state index contributed by atoms with van der Waals surface area (Å²) in [6, 6.07) is 0. The van der Waals surface area contributed by atoms with E-state index in [0.717, 1.165) is 0 Å². The molecular formula is C36H50O37. The van der Waals surface area contributed by atoms with Gasteiger partial charge in [-0.3, -0.25) is 0 Å². The summed E-state index contributed by atoms with van der Waals surface area (Å²) in [5.41, 5.74) is 0. The topological polar surface area (TPSA) is 609 Å². The maximum Gasteiger partial charge on any atom is 0.335 e. The SMILES string of the molecule is O=C(O)[C@H]1O[C@H](O[C@@H]2[C@H](O)[C@@H](O)[C@@H](O[C@@H]3[C@H](O)[C@@H](O)[C@@H](O[C@@H]4[C@H](O)[C@@H](O)[C@@H](O[C@@H]5[C@H](O)[C@@H](O)[C@@H](O[C@@H]6[C@H](O)[C@@H](O)C(O)O[C@@H]6C(=O)O)O[C@@H]5C(=O)O)O[C@@H]4C(=O)O)O[C@@H]3C(=O)O)O[C@@H]2C(=O)O)[C@H](O)[C@@H](O)[C@H]1O. The van der Waals surface area contributed by atoms with Gasteiger partial charge in [0.2, 0.25) is 0 Å². The van der Waals surface area contributed by atoms with Crippen molar-refractivity contribution in [2.75, 3.05) is 0 Å². The van der Waals surface area contributed by atoms with E-state index in [4.69, 9.17) is 47.4 Å². The van der Waals surface area contributed by atoms with Crippen LogP contribution in [0.2, 0.25) is 0 Å². The van der Waals surface area contributed by atoms with Crippen LogP contribution in [0.15, 0.2) is 0 Å². The molecule has 6 aliphatic heterocycles. The Kier molecular flexibility index (Phi) is 18.3. The Morgan fingerprint density at radius 2 is 0.425 bits per heavy atom. The molecule has 0 radical (unpaired) electrons. The molecule has 0 aromatic heterocycles. The van der Waals surface area contributed by atoms with Gasteiger partial charge in [-0.05, 0) is 0 Å². The third-order valence-corrected chi connectivity index (χ3v) is 12.2. The van der Waals surface area contributed by atoms with Crippen LogP contribution in [0.4, 0.5) is 0 Å². The van der Waals surface area contributed by atoms with Crippen LogP contribution in [0.3, 0.4) is 0 Å². The predicted octanol–water partition coefficient (Wildman–Crippen LogP) is -13.5. The fourth-order valence-corrected chi connectivity index (χ4v) is 8.34. The molecule has 1 unspecified atom stereocenters. The van der Waals surface area contributed by atoms with Crippen molar-refractivity contribution in [3.63, 3.8) is 0 Å². The number of aliphatic hydroxyl groups is 14. The number of hydrogen-bond donors (Lipinski definition) is 20. The quantitative estimate of drug-likeness (QED) is 0.0682.